The van der Waals surface area contributed by atoms with Gasteiger partial charge in [0, 0.05) is 24.1 Å². The molecule has 2 aliphatic rings. The molecule has 11 heteroatoms. The molecular formula is C14H15F5N2O3S. The number of rotatable bonds is 2. The van der Waals surface area contributed by atoms with E-state index < -0.39 is 29.9 Å². The van der Waals surface area contributed by atoms with E-state index >= 15 is 0 Å². The van der Waals surface area contributed by atoms with Crippen molar-refractivity contribution in [3.63, 3.8) is 0 Å². The van der Waals surface area contributed by atoms with E-state index in [1.165, 1.54) is 21.8 Å². The summed E-state index contributed by atoms with van der Waals surface area (Å²) >= 11 is 1.51. The van der Waals surface area contributed by atoms with Crippen LogP contribution in [0.15, 0.2) is 6.07 Å². The molecule has 0 spiro atoms. The second-order valence-corrected chi connectivity index (χ2v) is 7.10. The van der Waals surface area contributed by atoms with Crippen molar-refractivity contribution in [2.75, 3.05) is 5.32 Å². The first-order valence-corrected chi connectivity index (χ1v) is 8.13. The van der Waals surface area contributed by atoms with Crippen molar-refractivity contribution in [3.8, 4) is 0 Å². The van der Waals surface area contributed by atoms with E-state index in [-0.39, 0.29) is 6.42 Å². The highest BCUT2D eigenvalue weighted by Gasteiger charge is 2.61. The number of alkyl halides is 5. The van der Waals surface area contributed by atoms with Gasteiger partial charge in [-0.2, -0.15) is 13.2 Å². The number of quaternary nitrogens is 1. The minimum atomic E-state index is -5.19. The Kier molecular flexibility index (Phi) is 5.38. The van der Waals surface area contributed by atoms with Gasteiger partial charge in [-0.3, -0.25) is 4.79 Å². The van der Waals surface area contributed by atoms with E-state index in [1.54, 1.807) is 0 Å². The van der Waals surface area contributed by atoms with Gasteiger partial charge >= 0.3 is 6.18 Å². The molecule has 2 aliphatic carbocycles. The number of nitrogens with one attached hydrogen (secondary N) is 1. The number of carbonyl (C=O) groups is 2. The number of anilines is 1. The van der Waals surface area contributed by atoms with Crippen LogP contribution in [0.1, 0.15) is 23.3 Å². The van der Waals surface area contributed by atoms with Crippen LogP contribution in [0.5, 0.6) is 0 Å². The molecule has 1 aromatic rings. The lowest BCUT2D eigenvalue weighted by atomic mass is 9.95. The predicted octanol–water partition coefficient (Wildman–Crippen LogP) is 0.740. The lowest BCUT2D eigenvalue weighted by Gasteiger charge is -2.14. The number of halogens is 5. The lowest BCUT2D eigenvalue weighted by molar-refractivity contribution is -0.421. The van der Waals surface area contributed by atoms with Gasteiger partial charge < -0.3 is 21.0 Å². The number of thiophene rings is 1. The molecule has 1 unspecified atom stereocenters. The Hall–Kier alpha value is -1.75. The topological polar surface area (TPSA) is 96.9 Å². The molecule has 140 valence electrons. The van der Waals surface area contributed by atoms with Gasteiger partial charge in [-0.15, -0.1) is 11.3 Å². The summed E-state index contributed by atoms with van der Waals surface area (Å²) in [5.41, 5.74) is 5.25. The number of amides is 1. The minimum absolute atomic E-state index is 0.315. The molecule has 1 fully saturated rings. The van der Waals surface area contributed by atoms with Gasteiger partial charge in [-0.1, -0.05) is 0 Å². The second kappa shape index (κ2) is 6.87. The molecule has 0 bridgehead atoms. The molecule has 3 rings (SSSR count). The number of aryl methyl sites for hydroxylation is 1. The van der Waals surface area contributed by atoms with E-state index in [4.69, 9.17) is 9.90 Å². The van der Waals surface area contributed by atoms with Gasteiger partial charge in [0.2, 0.25) is 5.91 Å². The first-order valence-electron chi connectivity index (χ1n) is 7.31. The quantitative estimate of drug-likeness (QED) is 0.734. The van der Waals surface area contributed by atoms with E-state index in [0.717, 1.165) is 19.3 Å². The fourth-order valence-electron chi connectivity index (χ4n) is 2.37. The highest BCUT2D eigenvalue weighted by molar-refractivity contribution is 7.16. The Morgan fingerprint density at radius 2 is 1.92 bits per heavy atom. The molecule has 1 saturated carbocycles. The minimum Gasteiger partial charge on any atom is -0.542 e. The number of aliphatic carboxylic acids is 1. The summed E-state index contributed by atoms with van der Waals surface area (Å²) in [4.78, 5) is 21.6. The number of carbonyl (C=O) groups excluding carboxylic acids is 2. The molecule has 2 atom stereocenters. The third-order valence-electron chi connectivity index (χ3n) is 3.81. The average molecular weight is 386 g/mol. The van der Waals surface area contributed by atoms with Crippen LogP contribution in [0.4, 0.5) is 27.0 Å². The fourth-order valence-corrected chi connectivity index (χ4v) is 3.48. The molecule has 1 aromatic heterocycles. The van der Waals surface area contributed by atoms with Crippen LogP contribution in [0, 0.1) is 5.92 Å². The largest absolute Gasteiger partial charge is 0.542 e. The standard InChI is InChI=1S/C12H14F2N2OS.C2HF3O2/c13-12(14)5-8(12)11(17)16-10-4-6-3-7(15)1-2-9(6)18-10;3-2(4,5)1(6)7/h4,7-8H,1-3,5,15H2,(H,16,17);(H,6,7)/t7-,8?;/m0./s1. The maximum atomic E-state index is 12.8. The molecule has 0 radical (unpaired) electrons. The third kappa shape index (κ3) is 5.11. The average Bonchev–Trinajstić information content (AvgIpc) is 2.93. The second-order valence-electron chi connectivity index (χ2n) is 5.96. The maximum Gasteiger partial charge on any atom is 0.430 e. The van der Waals surface area contributed by atoms with E-state index in [0.29, 0.717) is 11.0 Å². The van der Waals surface area contributed by atoms with Crippen LogP contribution >= 0.6 is 11.3 Å². The molecule has 1 amide bonds. The number of hydrogen-bond acceptors (Lipinski definition) is 4. The van der Waals surface area contributed by atoms with Crippen LogP contribution < -0.4 is 16.2 Å². The zero-order valence-electron chi connectivity index (χ0n) is 12.8. The molecule has 5 nitrogen and oxygen atoms in total. The zero-order chi connectivity index (χ0) is 19.0. The fraction of sp³-hybridized carbons (Fsp3) is 0.571. The molecule has 4 N–H and O–H groups in total. The van der Waals surface area contributed by atoms with E-state index in [1.807, 2.05) is 6.07 Å². The summed E-state index contributed by atoms with van der Waals surface area (Å²) < 4.78 is 57.1. The number of carboxylic acid groups (broad SMARTS) is 1. The van der Waals surface area contributed by atoms with Crippen LogP contribution in [-0.4, -0.2) is 30.0 Å². The van der Waals surface area contributed by atoms with Crippen molar-refractivity contribution >= 4 is 28.2 Å². The zero-order valence-corrected chi connectivity index (χ0v) is 13.6. The van der Waals surface area contributed by atoms with Crippen molar-refractivity contribution in [2.45, 2.75) is 43.8 Å². The van der Waals surface area contributed by atoms with Gasteiger partial charge in [-0.05, 0) is 18.1 Å². The van der Waals surface area contributed by atoms with Crippen molar-refractivity contribution in [3.05, 3.63) is 16.5 Å². The SMILES string of the molecule is O=C([O-])C(F)(F)F.[NH3+][C@H]1CCc2sc(NC(=O)C3CC3(F)F)cc2C1. The summed E-state index contributed by atoms with van der Waals surface area (Å²) in [6, 6.07) is 2.33. The Bertz CT molecular complexity index is 674. The first-order chi connectivity index (χ1) is 11.4. The van der Waals surface area contributed by atoms with Crippen LogP contribution in [0.3, 0.4) is 0 Å². The highest BCUT2D eigenvalue weighted by Crippen LogP contribution is 2.49. The Morgan fingerprint density at radius 1 is 1.36 bits per heavy atom. The monoisotopic (exact) mass is 386 g/mol. The van der Waals surface area contributed by atoms with E-state index in [9.17, 15) is 26.7 Å². The van der Waals surface area contributed by atoms with Gasteiger partial charge in [-0.25, -0.2) is 8.78 Å². The molecule has 1 heterocycles. The van der Waals surface area contributed by atoms with Gasteiger partial charge in [0.15, 0.2) is 0 Å². The molecule has 0 aromatic carbocycles. The predicted molar refractivity (Wildman–Crippen MR) is 75.8 cm³/mol. The number of carboxylic acids is 1. The smallest absolute Gasteiger partial charge is 0.430 e. The number of hydrogen-bond donors (Lipinski definition) is 2. The van der Waals surface area contributed by atoms with Crippen molar-refractivity contribution in [1.82, 2.24) is 0 Å². The van der Waals surface area contributed by atoms with Gasteiger partial charge in [0.1, 0.15) is 11.9 Å². The summed E-state index contributed by atoms with van der Waals surface area (Å²) in [5.74, 6) is -7.48. The van der Waals surface area contributed by atoms with Gasteiger partial charge in [0.25, 0.3) is 5.92 Å². The highest BCUT2D eigenvalue weighted by atomic mass is 32.1. The van der Waals surface area contributed by atoms with Gasteiger partial charge in [0.05, 0.1) is 11.0 Å². The number of fused-ring (bicyclic) bond motifs is 1. The van der Waals surface area contributed by atoms with Crippen molar-refractivity contribution < 1.29 is 42.4 Å². The van der Waals surface area contributed by atoms with Crippen LogP contribution in [0.25, 0.3) is 0 Å². The van der Waals surface area contributed by atoms with Crippen LogP contribution in [-0.2, 0) is 22.4 Å². The summed E-state index contributed by atoms with van der Waals surface area (Å²) in [5, 5.41) is 12.1. The van der Waals surface area contributed by atoms with Crippen molar-refractivity contribution in [1.29, 1.82) is 0 Å². The molecular weight excluding hydrogens is 371 g/mol. The first kappa shape index (κ1) is 19.6. The van der Waals surface area contributed by atoms with E-state index in [2.05, 4.69) is 11.1 Å². The Labute approximate surface area is 143 Å². The molecule has 0 saturated heterocycles. The summed E-state index contributed by atoms with van der Waals surface area (Å²) in [6.45, 7) is 0. The summed E-state index contributed by atoms with van der Waals surface area (Å²) in [7, 11) is 0. The Balaban J connectivity index is 0.000000277. The lowest BCUT2D eigenvalue weighted by Crippen LogP contribution is -2.62. The van der Waals surface area contributed by atoms with Crippen LogP contribution in [0.2, 0.25) is 0 Å². The maximum absolute atomic E-state index is 12.8. The summed E-state index contributed by atoms with van der Waals surface area (Å²) in [6.07, 6.45) is -2.56. The Morgan fingerprint density at radius 3 is 2.40 bits per heavy atom. The van der Waals surface area contributed by atoms with Crippen molar-refractivity contribution in [2.24, 2.45) is 5.92 Å². The normalized spacial score (nSPS) is 23.8. The third-order valence-corrected chi connectivity index (χ3v) is 4.96. The molecule has 0 aliphatic heterocycles. The molecule has 25 heavy (non-hydrogen) atoms.